The van der Waals surface area contributed by atoms with Gasteiger partial charge in [0.1, 0.15) is 6.04 Å². The first-order valence-corrected chi connectivity index (χ1v) is 3.28. The highest BCUT2D eigenvalue weighted by molar-refractivity contribution is 5.97. The zero-order chi connectivity index (χ0) is 9.30. The quantitative estimate of drug-likeness (QED) is 0.312. The summed E-state index contributed by atoms with van der Waals surface area (Å²) in [7, 11) is 0. The van der Waals surface area contributed by atoms with Crippen LogP contribution in [0, 0.1) is 0 Å². The van der Waals surface area contributed by atoms with E-state index in [4.69, 9.17) is 10.8 Å². The number of carbonyl (C=O) groups is 2. The van der Waals surface area contributed by atoms with E-state index in [9.17, 15) is 9.59 Å². The number of rotatable bonds is 2. The van der Waals surface area contributed by atoms with Gasteiger partial charge in [-0.15, -0.1) is 0 Å². The maximum Gasteiger partial charge on any atom is 0.360 e. The van der Waals surface area contributed by atoms with E-state index >= 15 is 0 Å². The van der Waals surface area contributed by atoms with E-state index < -0.39 is 17.9 Å². The third kappa shape index (κ3) is 1.11. The van der Waals surface area contributed by atoms with E-state index in [1.165, 1.54) is 0 Å². The van der Waals surface area contributed by atoms with Crippen LogP contribution in [0.2, 0.25) is 0 Å². The number of carboxylic acids is 1. The second-order valence-corrected chi connectivity index (χ2v) is 2.39. The van der Waals surface area contributed by atoms with Crippen LogP contribution in [0.1, 0.15) is 0 Å². The largest absolute Gasteiger partial charge is 0.476 e. The Morgan fingerprint density at radius 3 is 2.67 bits per heavy atom. The molecule has 1 aliphatic heterocycles. The maximum absolute atomic E-state index is 10.9. The van der Waals surface area contributed by atoms with Crippen LogP contribution in [0.4, 0.5) is 0 Å². The van der Waals surface area contributed by atoms with Crippen LogP contribution in [0.3, 0.4) is 0 Å². The Balaban J connectivity index is 2.79. The minimum Gasteiger partial charge on any atom is -0.476 e. The molecule has 1 amide bonds. The van der Waals surface area contributed by atoms with Gasteiger partial charge in [-0.05, 0) is 0 Å². The average Bonchev–Trinajstić information content (AvgIpc) is 2.03. The molecule has 12 heavy (non-hydrogen) atoms. The molecule has 0 aromatic carbocycles. The third-order valence-corrected chi connectivity index (χ3v) is 1.60. The van der Waals surface area contributed by atoms with Gasteiger partial charge in [0.15, 0.2) is 5.70 Å². The lowest BCUT2D eigenvalue weighted by molar-refractivity contribution is -0.146. The van der Waals surface area contributed by atoms with Gasteiger partial charge in [0.2, 0.25) is 5.91 Å². The number of nitrogens with zero attached hydrogens (tertiary/aromatic N) is 1. The average molecular weight is 168 g/mol. The number of carbonyl (C=O) groups excluding carboxylic acids is 1. The monoisotopic (exact) mass is 168 g/mol. The summed E-state index contributed by atoms with van der Waals surface area (Å²) in [4.78, 5) is 22.4. The van der Waals surface area contributed by atoms with Gasteiger partial charge < -0.3 is 10.8 Å². The molecule has 64 valence electrons. The summed E-state index contributed by atoms with van der Waals surface area (Å²) in [5.41, 5.74) is 7.20. The van der Waals surface area contributed by atoms with E-state index in [0.717, 1.165) is 4.90 Å². The molecule has 1 aliphatic rings. The second-order valence-electron chi connectivity index (χ2n) is 2.39. The highest BCUT2D eigenvalue weighted by Gasteiger charge is 2.38. The first-order chi connectivity index (χ1) is 5.57. The zero-order valence-electron chi connectivity index (χ0n) is 6.28. The van der Waals surface area contributed by atoms with E-state index in [1.54, 1.807) is 0 Å². The Morgan fingerprint density at radius 1 is 1.83 bits per heavy atom. The Hall–Kier alpha value is -1.58. The Labute approximate surface area is 68.8 Å². The third-order valence-electron chi connectivity index (χ3n) is 1.60. The number of amides is 1. The van der Waals surface area contributed by atoms with Crippen molar-refractivity contribution in [2.75, 3.05) is 6.54 Å². The van der Waals surface area contributed by atoms with Crippen LogP contribution in [0.5, 0.6) is 0 Å². The predicted octanol–water partition coefficient (Wildman–Crippen LogP) is -1.09. The van der Waals surface area contributed by atoms with E-state index in [1.807, 2.05) is 0 Å². The van der Waals surface area contributed by atoms with E-state index in [0.29, 0.717) is 0 Å². The highest BCUT2D eigenvalue weighted by atomic mass is 16.4. The molecular weight excluding hydrogens is 160 g/mol. The molecule has 0 aliphatic carbocycles. The van der Waals surface area contributed by atoms with Crippen molar-refractivity contribution in [1.29, 1.82) is 0 Å². The summed E-state index contributed by atoms with van der Waals surface area (Å²) in [6.07, 6.45) is 0. The number of aliphatic carboxylic acids is 1. The molecule has 0 bridgehead atoms. The van der Waals surface area contributed by atoms with Crippen molar-refractivity contribution in [1.82, 2.24) is 4.90 Å². The molecule has 0 aromatic rings. The number of carboxylic acid groups (broad SMARTS) is 1. The van der Waals surface area contributed by atoms with Crippen molar-refractivity contribution < 1.29 is 14.7 Å². The van der Waals surface area contributed by atoms with Crippen LogP contribution in [-0.2, 0) is 9.59 Å². The van der Waals surface area contributed by atoms with Crippen molar-refractivity contribution >= 4 is 11.9 Å². The molecule has 0 saturated carbocycles. The number of likely N-dealkylation sites (tertiary alicyclic amines) is 1. The smallest absolute Gasteiger partial charge is 0.360 e. The number of β-lactam (4-membered cyclic amide) rings is 1. The summed E-state index contributed by atoms with van der Waals surface area (Å²) < 4.78 is 0. The normalized spacial score (nSPS) is 21.2. The second kappa shape index (κ2) is 2.81. The lowest BCUT2D eigenvalue weighted by Gasteiger charge is -2.34. The molecule has 3 N–H and O–H groups in total. The molecule has 1 saturated heterocycles. The first-order valence-electron chi connectivity index (χ1n) is 3.28. The van der Waals surface area contributed by atoms with Gasteiger partial charge in [0.25, 0.3) is 0 Å². The molecule has 1 unspecified atom stereocenters. The fourth-order valence-electron chi connectivity index (χ4n) is 0.940. The molecule has 5 heteroatoms. The van der Waals surface area contributed by atoms with Gasteiger partial charge in [-0.1, -0.05) is 12.3 Å². The standard InChI is InChI=1S/C7H8N2O3/c1-2-5(7(11)12)9-3-4(8)6(9)10/h4H,1,3,8H2,(H,11,12). The van der Waals surface area contributed by atoms with E-state index in [2.05, 4.69) is 12.3 Å². The van der Waals surface area contributed by atoms with Crippen molar-refractivity contribution in [3.05, 3.63) is 18.0 Å². The van der Waals surface area contributed by atoms with Gasteiger partial charge in [-0.3, -0.25) is 9.69 Å². The summed E-state index contributed by atoms with van der Waals surface area (Å²) >= 11 is 0. The molecule has 0 radical (unpaired) electrons. The summed E-state index contributed by atoms with van der Waals surface area (Å²) in [5, 5.41) is 8.54. The summed E-state index contributed by atoms with van der Waals surface area (Å²) in [6, 6.07) is -0.576. The SMILES string of the molecule is C=C=C(C(=O)O)N1CC(N)C1=O. The van der Waals surface area contributed by atoms with Crippen molar-refractivity contribution in [3.8, 4) is 0 Å². The van der Waals surface area contributed by atoms with Crippen LogP contribution in [0.25, 0.3) is 0 Å². The van der Waals surface area contributed by atoms with Gasteiger partial charge in [0, 0.05) is 0 Å². The number of nitrogens with two attached hydrogens (primary N) is 1. The topological polar surface area (TPSA) is 83.6 Å². The van der Waals surface area contributed by atoms with Crippen LogP contribution < -0.4 is 5.73 Å². The Bertz CT molecular complexity index is 291. The van der Waals surface area contributed by atoms with Gasteiger partial charge >= 0.3 is 5.97 Å². The zero-order valence-corrected chi connectivity index (χ0v) is 6.28. The number of hydrogen-bond acceptors (Lipinski definition) is 3. The minimum atomic E-state index is -1.22. The number of hydrogen-bond donors (Lipinski definition) is 2. The van der Waals surface area contributed by atoms with Crippen molar-refractivity contribution in [2.45, 2.75) is 6.04 Å². The molecule has 0 aromatic heterocycles. The lowest BCUT2D eigenvalue weighted by atomic mass is 10.1. The first kappa shape index (κ1) is 8.52. The molecule has 5 nitrogen and oxygen atoms in total. The minimum absolute atomic E-state index is 0.225. The summed E-state index contributed by atoms with van der Waals surface area (Å²) in [5.74, 6) is -1.62. The van der Waals surface area contributed by atoms with Crippen LogP contribution >= 0.6 is 0 Å². The molecule has 1 atom stereocenters. The predicted molar refractivity (Wildman–Crippen MR) is 40.0 cm³/mol. The van der Waals surface area contributed by atoms with Gasteiger partial charge in [-0.25, -0.2) is 4.79 Å². The van der Waals surface area contributed by atoms with Gasteiger partial charge in [-0.2, -0.15) is 0 Å². The highest BCUT2D eigenvalue weighted by Crippen LogP contribution is 2.14. The lowest BCUT2D eigenvalue weighted by Crippen LogP contribution is -2.60. The van der Waals surface area contributed by atoms with E-state index in [-0.39, 0.29) is 12.2 Å². The fraction of sp³-hybridized carbons (Fsp3) is 0.286. The Morgan fingerprint density at radius 2 is 2.42 bits per heavy atom. The van der Waals surface area contributed by atoms with Crippen LogP contribution in [0.15, 0.2) is 18.0 Å². The molecular formula is C7H8N2O3. The molecule has 1 rings (SSSR count). The van der Waals surface area contributed by atoms with Crippen LogP contribution in [-0.4, -0.2) is 34.5 Å². The van der Waals surface area contributed by atoms with Gasteiger partial charge in [0.05, 0.1) is 6.54 Å². The maximum atomic E-state index is 10.9. The van der Waals surface area contributed by atoms with Crippen molar-refractivity contribution in [2.24, 2.45) is 5.73 Å². The Kier molecular flexibility index (Phi) is 1.99. The molecule has 1 heterocycles. The molecule has 1 fully saturated rings. The summed E-state index contributed by atoms with van der Waals surface area (Å²) in [6.45, 7) is 3.39. The molecule has 0 spiro atoms. The fourth-order valence-corrected chi connectivity index (χ4v) is 0.940. The van der Waals surface area contributed by atoms with Crippen molar-refractivity contribution in [3.63, 3.8) is 0 Å².